The number of hydrogen-bond acceptors (Lipinski definition) is 4. The molecule has 0 bridgehead atoms. The highest BCUT2D eigenvalue weighted by Crippen LogP contribution is 2.28. The molecule has 0 saturated heterocycles. The number of methoxy groups -OCH3 is 2. The number of benzene rings is 2. The summed E-state index contributed by atoms with van der Waals surface area (Å²) in [7, 11) is 3.35. The summed E-state index contributed by atoms with van der Waals surface area (Å²) in [5.41, 5.74) is 3.55. The number of aryl methyl sites for hydroxylation is 1. The first-order valence-corrected chi connectivity index (χ1v) is 10.9. The minimum absolute atomic E-state index is 0.550. The minimum atomic E-state index is 0.550. The molecule has 1 aromatic heterocycles. The maximum Gasteiger partial charge on any atom is 0.145 e. The van der Waals surface area contributed by atoms with E-state index in [0.29, 0.717) is 18.2 Å². The second-order valence-electron chi connectivity index (χ2n) is 6.65. The van der Waals surface area contributed by atoms with Crippen LogP contribution >= 0.6 is 34.2 Å². The highest BCUT2D eigenvalue weighted by molar-refractivity contribution is 14.1. The van der Waals surface area contributed by atoms with Crippen molar-refractivity contribution in [2.24, 2.45) is 0 Å². The van der Waals surface area contributed by atoms with E-state index in [-0.39, 0.29) is 0 Å². The van der Waals surface area contributed by atoms with Crippen LogP contribution in [0, 0.1) is 3.57 Å². The Kier molecular flexibility index (Phi) is 7.61. The van der Waals surface area contributed by atoms with Crippen LogP contribution in [0.4, 0.5) is 5.82 Å². The number of halogens is 2. The van der Waals surface area contributed by atoms with Gasteiger partial charge in [-0.2, -0.15) is 0 Å². The average Bonchev–Trinajstić information content (AvgIpc) is 2.76. The molecule has 2 aromatic carbocycles. The lowest BCUT2D eigenvalue weighted by Crippen LogP contribution is -2.23. The quantitative estimate of drug-likeness (QED) is 0.263. The highest BCUT2D eigenvalue weighted by Gasteiger charge is 2.15. The topological polar surface area (TPSA) is 34.6 Å². The molecule has 4 nitrogen and oxygen atoms in total. The number of aromatic nitrogens is 1. The van der Waals surface area contributed by atoms with Crippen molar-refractivity contribution in [3.05, 3.63) is 80.0 Å². The number of pyridine rings is 1. The zero-order chi connectivity index (χ0) is 20.8. The van der Waals surface area contributed by atoms with Gasteiger partial charge in [-0.3, -0.25) is 0 Å². The Morgan fingerprint density at radius 1 is 0.897 bits per heavy atom. The van der Waals surface area contributed by atoms with Gasteiger partial charge >= 0.3 is 0 Å². The lowest BCUT2D eigenvalue weighted by Gasteiger charge is -2.25. The third-order valence-corrected chi connectivity index (χ3v) is 6.55. The van der Waals surface area contributed by atoms with Crippen molar-refractivity contribution in [1.29, 1.82) is 0 Å². The summed E-state index contributed by atoms with van der Waals surface area (Å²) in [6.45, 7) is 3.56. The van der Waals surface area contributed by atoms with Crippen molar-refractivity contribution >= 4 is 40.0 Å². The first kappa shape index (κ1) is 21.7. The van der Waals surface area contributed by atoms with Crippen LogP contribution < -0.4 is 14.4 Å². The first-order chi connectivity index (χ1) is 14.0. The molecule has 0 aliphatic rings. The van der Waals surface area contributed by atoms with E-state index >= 15 is 0 Å². The van der Waals surface area contributed by atoms with Crippen molar-refractivity contribution in [3.63, 3.8) is 0 Å². The van der Waals surface area contributed by atoms with Crippen molar-refractivity contribution in [2.75, 3.05) is 19.1 Å². The van der Waals surface area contributed by atoms with Crippen molar-refractivity contribution in [1.82, 2.24) is 4.98 Å². The van der Waals surface area contributed by atoms with Gasteiger partial charge in [-0.1, -0.05) is 42.8 Å². The van der Waals surface area contributed by atoms with Gasteiger partial charge in [-0.05, 0) is 76.0 Å². The van der Waals surface area contributed by atoms with Crippen molar-refractivity contribution < 1.29 is 9.47 Å². The standard InChI is InChI=1S/C23H24ClIN2O2/c1-4-18-13-21(26-23(24)22(18)25)27(14-16-5-9-19(28-2)10-6-16)15-17-7-11-20(29-3)12-8-17/h5-13H,4,14-15H2,1-3H3. The zero-order valence-electron chi connectivity index (χ0n) is 16.8. The van der Waals surface area contributed by atoms with E-state index in [9.17, 15) is 0 Å². The van der Waals surface area contributed by atoms with Gasteiger partial charge in [0.1, 0.15) is 22.5 Å². The molecule has 6 heteroatoms. The largest absolute Gasteiger partial charge is 0.497 e. The number of rotatable bonds is 8. The Morgan fingerprint density at radius 2 is 1.38 bits per heavy atom. The van der Waals surface area contributed by atoms with Crippen LogP contribution in [0.3, 0.4) is 0 Å². The molecule has 0 atom stereocenters. The Bertz CT molecular complexity index is 897. The summed E-state index contributed by atoms with van der Waals surface area (Å²) in [5.74, 6) is 2.57. The molecule has 152 valence electrons. The normalized spacial score (nSPS) is 10.7. The van der Waals surface area contributed by atoms with Gasteiger partial charge in [0.15, 0.2) is 0 Å². The lowest BCUT2D eigenvalue weighted by molar-refractivity contribution is 0.414. The summed E-state index contributed by atoms with van der Waals surface area (Å²) in [6, 6.07) is 18.4. The van der Waals surface area contributed by atoms with E-state index in [4.69, 9.17) is 21.1 Å². The molecule has 0 unspecified atom stereocenters. The number of anilines is 1. The Balaban J connectivity index is 1.94. The zero-order valence-corrected chi connectivity index (χ0v) is 19.7. The van der Waals surface area contributed by atoms with E-state index in [0.717, 1.165) is 27.3 Å². The Hall–Kier alpha value is -1.99. The SMILES string of the molecule is CCc1cc(N(Cc2ccc(OC)cc2)Cc2ccc(OC)cc2)nc(Cl)c1I. The smallest absolute Gasteiger partial charge is 0.145 e. The van der Waals surface area contributed by atoms with Gasteiger partial charge in [0, 0.05) is 13.1 Å². The fraction of sp³-hybridized carbons (Fsp3) is 0.261. The van der Waals surface area contributed by atoms with E-state index < -0.39 is 0 Å². The number of hydrogen-bond donors (Lipinski definition) is 0. The molecule has 0 radical (unpaired) electrons. The molecule has 0 fully saturated rings. The van der Waals surface area contributed by atoms with Gasteiger partial charge in [-0.15, -0.1) is 0 Å². The van der Waals surface area contributed by atoms with Gasteiger partial charge in [0.2, 0.25) is 0 Å². The summed E-state index contributed by atoms with van der Waals surface area (Å²) in [6.07, 6.45) is 0.909. The predicted octanol–water partition coefficient (Wildman–Crippen LogP) is 6.13. The molecule has 0 aliphatic heterocycles. The van der Waals surface area contributed by atoms with Gasteiger partial charge in [0.25, 0.3) is 0 Å². The van der Waals surface area contributed by atoms with Crippen molar-refractivity contribution in [3.8, 4) is 11.5 Å². The van der Waals surface area contributed by atoms with Crippen LogP contribution in [-0.4, -0.2) is 19.2 Å². The monoisotopic (exact) mass is 522 g/mol. The predicted molar refractivity (Wildman–Crippen MR) is 127 cm³/mol. The van der Waals surface area contributed by atoms with Crippen LogP contribution in [0.15, 0.2) is 54.6 Å². The van der Waals surface area contributed by atoms with Gasteiger partial charge in [0.05, 0.1) is 17.8 Å². The van der Waals surface area contributed by atoms with Crippen LogP contribution in [0.2, 0.25) is 5.15 Å². The number of ether oxygens (including phenoxy) is 2. The van der Waals surface area contributed by atoms with Crippen LogP contribution in [0.25, 0.3) is 0 Å². The van der Waals surface area contributed by atoms with Crippen LogP contribution in [-0.2, 0) is 19.5 Å². The highest BCUT2D eigenvalue weighted by atomic mass is 127. The fourth-order valence-corrected chi connectivity index (χ4v) is 3.94. The maximum atomic E-state index is 6.45. The van der Waals surface area contributed by atoms with Crippen LogP contribution in [0.5, 0.6) is 11.5 Å². The number of nitrogens with zero attached hydrogens (tertiary/aromatic N) is 2. The molecule has 0 saturated carbocycles. The second kappa shape index (κ2) is 10.2. The van der Waals surface area contributed by atoms with E-state index in [1.54, 1.807) is 14.2 Å². The molecule has 0 aliphatic carbocycles. The molecule has 0 spiro atoms. The van der Waals surface area contributed by atoms with Crippen LogP contribution in [0.1, 0.15) is 23.6 Å². The van der Waals surface area contributed by atoms with Gasteiger partial charge in [-0.25, -0.2) is 4.98 Å². The summed E-state index contributed by atoms with van der Waals surface area (Å²) >= 11 is 8.72. The molecule has 0 N–H and O–H groups in total. The lowest BCUT2D eigenvalue weighted by atomic mass is 10.1. The molecule has 1 heterocycles. The first-order valence-electron chi connectivity index (χ1n) is 9.39. The molecule has 3 aromatic rings. The van der Waals surface area contributed by atoms with E-state index in [1.165, 1.54) is 16.7 Å². The summed E-state index contributed by atoms with van der Waals surface area (Å²) in [4.78, 5) is 6.92. The van der Waals surface area contributed by atoms with E-state index in [2.05, 4.69) is 69.7 Å². The fourth-order valence-electron chi connectivity index (χ4n) is 3.07. The molecule has 3 rings (SSSR count). The molecule has 0 amide bonds. The van der Waals surface area contributed by atoms with E-state index in [1.807, 2.05) is 24.3 Å². The van der Waals surface area contributed by atoms with Crippen molar-refractivity contribution in [2.45, 2.75) is 26.4 Å². The molecule has 29 heavy (non-hydrogen) atoms. The molecular formula is C23H24ClIN2O2. The Labute approximate surface area is 191 Å². The second-order valence-corrected chi connectivity index (χ2v) is 8.09. The molecular weight excluding hydrogens is 499 g/mol. The third-order valence-electron chi connectivity index (χ3n) is 4.75. The summed E-state index contributed by atoms with van der Waals surface area (Å²) < 4.78 is 11.6. The maximum absolute atomic E-state index is 6.45. The average molecular weight is 523 g/mol. The third kappa shape index (κ3) is 5.54. The Morgan fingerprint density at radius 3 is 1.79 bits per heavy atom. The minimum Gasteiger partial charge on any atom is -0.497 e. The van der Waals surface area contributed by atoms with Gasteiger partial charge < -0.3 is 14.4 Å². The summed E-state index contributed by atoms with van der Waals surface area (Å²) in [5, 5.41) is 0.550.